The number of nitrogens with one attached hydrogen (secondary N) is 1. The molecule has 0 saturated carbocycles. The standard InChI is InChI=1S/C16H24N2O2/c1-13-5-2-3-11-18(13)12-4-10-17-15-8-6-14(7-9-15)16(19)20/h6-9,13,17H,2-5,10-12H2,1H3,(H,19,20). The third kappa shape index (κ3) is 4.23. The van der Waals surface area contributed by atoms with E-state index in [0.29, 0.717) is 5.56 Å². The molecule has 110 valence electrons. The van der Waals surface area contributed by atoms with Crippen molar-refractivity contribution in [2.75, 3.05) is 25.0 Å². The third-order valence-corrected chi connectivity index (χ3v) is 4.02. The molecule has 1 aliphatic rings. The number of anilines is 1. The van der Waals surface area contributed by atoms with Crippen molar-refractivity contribution in [3.63, 3.8) is 0 Å². The van der Waals surface area contributed by atoms with Crippen molar-refractivity contribution in [1.82, 2.24) is 4.90 Å². The van der Waals surface area contributed by atoms with Crippen LogP contribution in [0.25, 0.3) is 0 Å². The van der Waals surface area contributed by atoms with Crippen molar-refractivity contribution in [2.24, 2.45) is 0 Å². The summed E-state index contributed by atoms with van der Waals surface area (Å²) in [6.45, 7) is 5.61. The Bertz CT molecular complexity index is 431. The lowest BCUT2D eigenvalue weighted by molar-refractivity contribution is 0.0697. The van der Waals surface area contributed by atoms with E-state index in [9.17, 15) is 4.79 Å². The molecule has 0 radical (unpaired) electrons. The van der Waals surface area contributed by atoms with Crippen LogP contribution in [0.15, 0.2) is 24.3 Å². The molecule has 1 aliphatic heterocycles. The fourth-order valence-corrected chi connectivity index (χ4v) is 2.74. The van der Waals surface area contributed by atoms with E-state index >= 15 is 0 Å². The molecule has 1 aromatic carbocycles. The predicted octanol–water partition coefficient (Wildman–Crippen LogP) is 3.06. The van der Waals surface area contributed by atoms with Crippen LogP contribution in [0.4, 0.5) is 5.69 Å². The highest BCUT2D eigenvalue weighted by Gasteiger charge is 2.16. The quantitative estimate of drug-likeness (QED) is 0.784. The van der Waals surface area contributed by atoms with Crippen LogP contribution < -0.4 is 5.32 Å². The molecule has 2 rings (SSSR count). The molecule has 4 heteroatoms. The third-order valence-electron chi connectivity index (χ3n) is 4.02. The van der Waals surface area contributed by atoms with Gasteiger partial charge in [0.1, 0.15) is 0 Å². The maximum absolute atomic E-state index is 10.8. The number of rotatable bonds is 6. The summed E-state index contributed by atoms with van der Waals surface area (Å²) in [5, 5.41) is 12.2. The highest BCUT2D eigenvalue weighted by molar-refractivity contribution is 5.87. The molecule has 0 spiro atoms. The first-order valence-corrected chi connectivity index (χ1v) is 7.48. The summed E-state index contributed by atoms with van der Waals surface area (Å²) in [6.07, 6.45) is 5.13. The van der Waals surface area contributed by atoms with E-state index in [1.54, 1.807) is 12.1 Å². The maximum Gasteiger partial charge on any atom is 0.335 e. The van der Waals surface area contributed by atoms with Crippen LogP contribution in [-0.4, -0.2) is 41.7 Å². The lowest BCUT2D eigenvalue weighted by atomic mass is 10.0. The first-order valence-electron chi connectivity index (χ1n) is 7.48. The number of hydrogen-bond donors (Lipinski definition) is 2. The Hall–Kier alpha value is -1.55. The average molecular weight is 276 g/mol. The first kappa shape index (κ1) is 14.9. The lowest BCUT2D eigenvalue weighted by Crippen LogP contribution is -2.38. The summed E-state index contributed by atoms with van der Waals surface area (Å²) in [4.78, 5) is 13.3. The molecular weight excluding hydrogens is 252 g/mol. The second-order valence-electron chi connectivity index (χ2n) is 5.54. The number of nitrogens with zero attached hydrogens (tertiary/aromatic N) is 1. The lowest BCUT2D eigenvalue weighted by Gasteiger charge is -2.33. The molecule has 1 aromatic rings. The van der Waals surface area contributed by atoms with Gasteiger partial charge < -0.3 is 15.3 Å². The zero-order valence-electron chi connectivity index (χ0n) is 12.1. The summed E-state index contributed by atoms with van der Waals surface area (Å²) in [7, 11) is 0. The van der Waals surface area contributed by atoms with Crippen LogP contribution in [-0.2, 0) is 0 Å². The van der Waals surface area contributed by atoms with Gasteiger partial charge in [0, 0.05) is 24.8 Å². The molecule has 0 bridgehead atoms. The zero-order chi connectivity index (χ0) is 14.4. The molecular formula is C16H24N2O2. The molecule has 1 fully saturated rings. The zero-order valence-corrected chi connectivity index (χ0v) is 12.1. The van der Waals surface area contributed by atoms with Gasteiger partial charge in [-0.1, -0.05) is 6.42 Å². The molecule has 1 heterocycles. The number of carboxylic acid groups (broad SMARTS) is 1. The topological polar surface area (TPSA) is 52.6 Å². The highest BCUT2D eigenvalue weighted by Crippen LogP contribution is 2.16. The molecule has 1 saturated heterocycles. The number of piperidine rings is 1. The van der Waals surface area contributed by atoms with Gasteiger partial charge in [-0.2, -0.15) is 0 Å². The smallest absolute Gasteiger partial charge is 0.335 e. The van der Waals surface area contributed by atoms with Crippen molar-refractivity contribution >= 4 is 11.7 Å². The SMILES string of the molecule is CC1CCCCN1CCCNc1ccc(C(=O)O)cc1. The molecule has 0 amide bonds. The summed E-state index contributed by atoms with van der Waals surface area (Å²) in [6, 6.07) is 7.65. The van der Waals surface area contributed by atoms with E-state index in [4.69, 9.17) is 5.11 Å². The highest BCUT2D eigenvalue weighted by atomic mass is 16.4. The monoisotopic (exact) mass is 276 g/mol. The number of carboxylic acids is 1. The molecule has 2 N–H and O–H groups in total. The van der Waals surface area contributed by atoms with Crippen LogP contribution in [0, 0.1) is 0 Å². The van der Waals surface area contributed by atoms with Gasteiger partial charge in [0.15, 0.2) is 0 Å². The molecule has 20 heavy (non-hydrogen) atoms. The first-order chi connectivity index (χ1) is 9.66. The van der Waals surface area contributed by atoms with Crippen LogP contribution in [0.5, 0.6) is 0 Å². The molecule has 1 unspecified atom stereocenters. The Kier molecular flexibility index (Phi) is 5.41. The molecule has 0 aromatic heterocycles. The average Bonchev–Trinajstić information content (AvgIpc) is 2.46. The van der Waals surface area contributed by atoms with Gasteiger partial charge in [-0.15, -0.1) is 0 Å². The van der Waals surface area contributed by atoms with Crippen molar-refractivity contribution < 1.29 is 9.90 Å². The summed E-state index contributed by atoms with van der Waals surface area (Å²) < 4.78 is 0. The second kappa shape index (κ2) is 7.29. The molecule has 1 atom stereocenters. The van der Waals surface area contributed by atoms with Crippen molar-refractivity contribution in [2.45, 2.75) is 38.6 Å². The predicted molar refractivity (Wildman–Crippen MR) is 81.4 cm³/mol. The van der Waals surface area contributed by atoms with Crippen molar-refractivity contribution in [3.05, 3.63) is 29.8 Å². The Balaban J connectivity index is 1.69. The largest absolute Gasteiger partial charge is 0.478 e. The van der Waals surface area contributed by atoms with Gasteiger partial charge in [-0.25, -0.2) is 4.79 Å². The maximum atomic E-state index is 10.8. The van der Waals surface area contributed by atoms with Gasteiger partial charge >= 0.3 is 5.97 Å². The van der Waals surface area contributed by atoms with Crippen LogP contribution in [0.1, 0.15) is 43.0 Å². The minimum Gasteiger partial charge on any atom is -0.478 e. The van der Waals surface area contributed by atoms with E-state index in [1.807, 2.05) is 12.1 Å². The number of carbonyl (C=O) groups is 1. The number of benzene rings is 1. The van der Waals surface area contributed by atoms with Gasteiger partial charge in [-0.3, -0.25) is 0 Å². The van der Waals surface area contributed by atoms with Gasteiger partial charge in [-0.05, 0) is 57.0 Å². The Labute approximate surface area is 120 Å². The summed E-state index contributed by atoms with van der Waals surface area (Å²) >= 11 is 0. The van der Waals surface area contributed by atoms with E-state index in [-0.39, 0.29) is 0 Å². The number of aromatic carboxylic acids is 1. The van der Waals surface area contributed by atoms with Crippen LogP contribution in [0.2, 0.25) is 0 Å². The summed E-state index contributed by atoms with van der Waals surface area (Å²) in [5.41, 5.74) is 1.32. The van der Waals surface area contributed by atoms with E-state index in [1.165, 1.54) is 25.8 Å². The fourth-order valence-electron chi connectivity index (χ4n) is 2.74. The Morgan fingerprint density at radius 3 is 2.75 bits per heavy atom. The van der Waals surface area contributed by atoms with E-state index in [0.717, 1.165) is 31.2 Å². The second-order valence-corrected chi connectivity index (χ2v) is 5.54. The Morgan fingerprint density at radius 2 is 2.10 bits per heavy atom. The fraction of sp³-hybridized carbons (Fsp3) is 0.562. The van der Waals surface area contributed by atoms with Crippen LogP contribution in [0.3, 0.4) is 0 Å². The van der Waals surface area contributed by atoms with Gasteiger partial charge in [0.05, 0.1) is 5.56 Å². The van der Waals surface area contributed by atoms with Crippen molar-refractivity contribution in [3.8, 4) is 0 Å². The van der Waals surface area contributed by atoms with Gasteiger partial charge in [0.25, 0.3) is 0 Å². The minimum atomic E-state index is -0.879. The minimum absolute atomic E-state index is 0.331. The van der Waals surface area contributed by atoms with Gasteiger partial charge in [0.2, 0.25) is 0 Å². The number of hydrogen-bond acceptors (Lipinski definition) is 3. The summed E-state index contributed by atoms with van der Waals surface area (Å²) in [5.74, 6) is -0.879. The molecule has 0 aliphatic carbocycles. The van der Waals surface area contributed by atoms with E-state index < -0.39 is 5.97 Å². The van der Waals surface area contributed by atoms with Crippen LogP contribution >= 0.6 is 0 Å². The number of likely N-dealkylation sites (tertiary alicyclic amines) is 1. The van der Waals surface area contributed by atoms with E-state index in [2.05, 4.69) is 17.1 Å². The Morgan fingerprint density at radius 1 is 1.35 bits per heavy atom. The van der Waals surface area contributed by atoms with Crippen molar-refractivity contribution in [1.29, 1.82) is 0 Å². The molecule has 4 nitrogen and oxygen atoms in total. The normalized spacial score (nSPS) is 19.8.